The first-order valence-electron chi connectivity index (χ1n) is 7.37. The third-order valence-corrected chi connectivity index (χ3v) is 4.49. The highest BCUT2D eigenvalue weighted by Crippen LogP contribution is 2.35. The number of amides is 1. The van der Waals surface area contributed by atoms with Gasteiger partial charge in [0.05, 0.1) is 12.0 Å². The van der Waals surface area contributed by atoms with E-state index in [1.54, 1.807) is 7.05 Å². The lowest BCUT2D eigenvalue weighted by Gasteiger charge is -2.33. The maximum absolute atomic E-state index is 12.1. The van der Waals surface area contributed by atoms with E-state index in [1.165, 1.54) is 4.90 Å². The molecular weight excluding hydrogens is 310 g/mol. The number of hydrogen-bond donors (Lipinski definition) is 1. The highest BCUT2D eigenvalue weighted by molar-refractivity contribution is 6.30. The zero-order valence-electron chi connectivity index (χ0n) is 13.1. The van der Waals surface area contributed by atoms with Gasteiger partial charge in [-0.25, -0.2) is 4.99 Å². The second-order valence-electron chi connectivity index (χ2n) is 5.96. The summed E-state index contributed by atoms with van der Waals surface area (Å²) in [6.45, 7) is 1.94. The number of aliphatic imine (C=N–C) groups is 1. The van der Waals surface area contributed by atoms with E-state index in [0.29, 0.717) is 11.4 Å². The number of carbonyl (C=O) groups excluding carboxylic acids is 1. The maximum atomic E-state index is 12.1. The largest absolute Gasteiger partial charge is 0.369 e. The van der Waals surface area contributed by atoms with Gasteiger partial charge in [-0.3, -0.25) is 9.69 Å². The Bertz CT molecular complexity index is 785. The Labute approximate surface area is 140 Å². The fourth-order valence-corrected chi connectivity index (χ4v) is 2.88. The normalized spacial score (nSPS) is 21.3. The van der Waals surface area contributed by atoms with E-state index in [4.69, 9.17) is 17.3 Å². The minimum absolute atomic E-state index is 0.0307. The van der Waals surface area contributed by atoms with Gasteiger partial charge < -0.3 is 5.73 Å². The van der Waals surface area contributed by atoms with Crippen LogP contribution in [0.5, 0.6) is 0 Å². The van der Waals surface area contributed by atoms with Gasteiger partial charge in [-0.15, -0.1) is 0 Å². The summed E-state index contributed by atoms with van der Waals surface area (Å²) in [6, 6.07) is 15.7. The summed E-state index contributed by atoms with van der Waals surface area (Å²) in [7, 11) is 1.64. The molecule has 0 aromatic heterocycles. The second kappa shape index (κ2) is 5.70. The van der Waals surface area contributed by atoms with Crippen LogP contribution in [0.3, 0.4) is 0 Å². The molecule has 0 bridgehead atoms. The predicted octanol–water partition coefficient (Wildman–Crippen LogP) is 3.40. The molecule has 1 amide bonds. The quantitative estimate of drug-likeness (QED) is 0.919. The van der Waals surface area contributed by atoms with Gasteiger partial charge >= 0.3 is 0 Å². The van der Waals surface area contributed by atoms with E-state index >= 15 is 0 Å². The van der Waals surface area contributed by atoms with Crippen molar-refractivity contribution in [1.29, 1.82) is 0 Å². The first-order valence-corrected chi connectivity index (χ1v) is 7.75. The van der Waals surface area contributed by atoms with Crippen LogP contribution < -0.4 is 5.73 Å². The Morgan fingerprint density at radius 1 is 1.17 bits per heavy atom. The summed E-state index contributed by atoms with van der Waals surface area (Å²) in [6.07, 6.45) is 0.300. The zero-order chi connectivity index (χ0) is 16.6. The molecule has 1 atom stereocenters. The molecule has 1 heterocycles. The summed E-state index contributed by atoms with van der Waals surface area (Å²) in [5.41, 5.74) is 8.33. The summed E-state index contributed by atoms with van der Waals surface area (Å²) in [4.78, 5) is 18.1. The van der Waals surface area contributed by atoms with Gasteiger partial charge in [0.25, 0.3) is 0 Å². The fraction of sp³-hybridized carbons (Fsp3) is 0.222. The van der Waals surface area contributed by atoms with Gasteiger partial charge in [-0.05, 0) is 41.8 Å². The number of rotatable bonds is 2. The molecule has 1 aliphatic heterocycles. The highest BCUT2D eigenvalue weighted by atomic mass is 35.5. The van der Waals surface area contributed by atoms with Gasteiger partial charge in [-0.2, -0.15) is 0 Å². The Balaban J connectivity index is 2.03. The van der Waals surface area contributed by atoms with Gasteiger partial charge in [0, 0.05) is 12.1 Å². The van der Waals surface area contributed by atoms with E-state index in [-0.39, 0.29) is 11.9 Å². The SMILES string of the molecule is CN1C(=O)CC(C)(c2cccc(-c3ccc(Cl)cc3)c2)N=C1N. The standard InChI is InChI=1S/C18H18ClN3O/c1-18(11-16(23)22(2)17(20)21-18)14-5-3-4-13(10-14)12-6-8-15(19)9-7-12/h3-10H,11H2,1-2H3,(H2,20,21). The van der Waals surface area contributed by atoms with Gasteiger partial charge in [0.2, 0.25) is 5.91 Å². The Morgan fingerprint density at radius 2 is 1.87 bits per heavy atom. The van der Waals surface area contributed by atoms with Crippen molar-refractivity contribution in [2.45, 2.75) is 18.9 Å². The van der Waals surface area contributed by atoms with Crippen LogP contribution in [0.1, 0.15) is 18.9 Å². The van der Waals surface area contributed by atoms with E-state index < -0.39 is 5.54 Å². The van der Waals surface area contributed by atoms with Crippen LogP contribution in [0, 0.1) is 0 Å². The first-order chi connectivity index (χ1) is 10.9. The number of carbonyl (C=O) groups is 1. The molecule has 1 aliphatic rings. The number of halogens is 1. The minimum Gasteiger partial charge on any atom is -0.369 e. The summed E-state index contributed by atoms with van der Waals surface area (Å²) in [5, 5.41) is 0.704. The molecule has 3 rings (SSSR count). The fourth-order valence-electron chi connectivity index (χ4n) is 2.75. The highest BCUT2D eigenvalue weighted by Gasteiger charge is 2.36. The van der Waals surface area contributed by atoms with Crippen LogP contribution >= 0.6 is 11.6 Å². The third-order valence-electron chi connectivity index (χ3n) is 4.24. The van der Waals surface area contributed by atoms with Crippen LogP contribution in [0.2, 0.25) is 5.02 Å². The smallest absolute Gasteiger partial charge is 0.231 e. The van der Waals surface area contributed by atoms with Gasteiger partial charge in [0.15, 0.2) is 5.96 Å². The monoisotopic (exact) mass is 327 g/mol. The number of nitrogens with two attached hydrogens (primary N) is 1. The molecule has 0 saturated heterocycles. The molecule has 0 fully saturated rings. The molecule has 5 heteroatoms. The van der Waals surface area contributed by atoms with Crippen molar-refractivity contribution >= 4 is 23.5 Å². The van der Waals surface area contributed by atoms with Crippen LogP contribution in [-0.4, -0.2) is 23.8 Å². The lowest BCUT2D eigenvalue weighted by Crippen LogP contribution is -2.47. The first kappa shape index (κ1) is 15.6. The van der Waals surface area contributed by atoms with Crippen molar-refractivity contribution in [3.05, 3.63) is 59.1 Å². The van der Waals surface area contributed by atoms with E-state index in [9.17, 15) is 4.79 Å². The molecule has 2 aromatic carbocycles. The number of nitrogens with zero attached hydrogens (tertiary/aromatic N) is 2. The predicted molar refractivity (Wildman–Crippen MR) is 93.2 cm³/mol. The van der Waals surface area contributed by atoms with Crippen LogP contribution in [0.4, 0.5) is 0 Å². The maximum Gasteiger partial charge on any atom is 0.231 e. The molecular formula is C18H18ClN3O. The average molecular weight is 328 g/mol. The molecule has 23 heavy (non-hydrogen) atoms. The Kier molecular flexibility index (Phi) is 3.86. The molecule has 2 aromatic rings. The van der Waals surface area contributed by atoms with Gasteiger partial charge in [0.1, 0.15) is 0 Å². The minimum atomic E-state index is -0.643. The summed E-state index contributed by atoms with van der Waals surface area (Å²) < 4.78 is 0. The molecule has 0 saturated carbocycles. The summed E-state index contributed by atoms with van der Waals surface area (Å²) >= 11 is 5.95. The molecule has 118 valence electrons. The van der Waals surface area contributed by atoms with Crippen LogP contribution in [0.15, 0.2) is 53.5 Å². The molecule has 2 N–H and O–H groups in total. The molecule has 0 radical (unpaired) electrons. The Morgan fingerprint density at radius 3 is 2.52 bits per heavy atom. The number of benzene rings is 2. The van der Waals surface area contributed by atoms with Crippen molar-refractivity contribution < 1.29 is 4.79 Å². The molecule has 4 nitrogen and oxygen atoms in total. The zero-order valence-corrected chi connectivity index (χ0v) is 13.8. The van der Waals surface area contributed by atoms with Crippen molar-refractivity contribution in [1.82, 2.24) is 4.90 Å². The van der Waals surface area contributed by atoms with Crippen molar-refractivity contribution in [2.75, 3.05) is 7.05 Å². The van der Waals surface area contributed by atoms with Crippen molar-refractivity contribution in [3.63, 3.8) is 0 Å². The third kappa shape index (κ3) is 2.94. The Hall–Kier alpha value is -2.33. The lowest BCUT2D eigenvalue weighted by atomic mass is 9.86. The topological polar surface area (TPSA) is 58.7 Å². The van der Waals surface area contributed by atoms with Crippen LogP contribution in [0.25, 0.3) is 11.1 Å². The second-order valence-corrected chi connectivity index (χ2v) is 6.40. The lowest BCUT2D eigenvalue weighted by molar-refractivity contribution is -0.128. The number of hydrogen-bond acceptors (Lipinski definition) is 3. The van der Waals surface area contributed by atoms with Gasteiger partial charge in [-0.1, -0.05) is 41.9 Å². The van der Waals surface area contributed by atoms with E-state index in [2.05, 4.69) is 11.1 Å². The van der Waals surface area contributed by atoms with E-state index in [1.807, 2.05) is 49.4 Å². The van der Waals surface area contributed by atoms with E-state index in [0.717, 1.165) is 16.7 Å². The molecule has 1 unspecified atom stereocenters. The summed E-state index contributed by atoms with van der Waals surface area (Å²) in [5.74, 6) is 0.220. The van der Waals surface area contributed by atoms with Crippen molar-refractivity contribution in [2.24, 2.45) is 10.7 Å². The van der Waals surface area contributed by atoms with Crippen LogP contribution in [-0.2, 0) is 10.3 Å². The van der Waals surface area contributed by atoms with Crippen molar-refractivity contribution in [3.8, 4) is 11.1 Å². The molecule has 0 spiro atoms. The number of guanidine groups is 1. The molecule has 0 aliphatic carbocycles. The average Bonchev–Trinajstić information content (AvgIpc) is 2.53.